The minimum atomic E-state index is -0.491. The first kappa shape index (κ1) is 13.8. The Labute approximate surface area is 126 Å². The van der Waals surface area contributed by atoms with Gasteiger partial charge >= 0.3 is 5.69 Å². The van der Waals surface area contributed by atoms with E-state index in [4.69, 9.17) is 0 Å². The number of hydrogen-bond acceptors (Lipinski definition) is 5. The van der Waals surface area contributed by atoms with E-state index in [0.29, 0.717) is 22.8 Å². The molecule has 2 aromatic carbocycles. The number of phenols is 1. The second kappa shape index (κ2) is 5.69. The van der Waals surface area contributed by atoms with Gasteiger partial charge in [-0.25, -0.2) is 4.79 Å². The maximum absolute atomic E-state index is 12.2. The smallest absolute Gasteiger partial charge is 0.370 e. The average molecular weight is 294 g/mol. The Kier molecular flexibility index (Phi) is 3.57. The highest BCUT2D eigenvalue weighted by Gasteiger charge is 2.15. The Morgan fingerprint density at radius 2 is 1.73 bits per heavy atom. The number of nitrogens with one attached hydrogen (secondary N) is 1. The lowest BCUT2D eigenvalue weighted by atomic mass is 10.1. The van der Waals surface area contributed by atoms with Crippen LogP contribution < -0.4 is 11.0 Å². The molecule has 110 valence electrons. The van der Waals surface area contributed by atoms with Gasteiger partial charge in [-0.05, 0) is 24.3 Å². The molecule has 1 aromatic heterocycles. The van der Waals surface area contributed by atoms with Crippen LogP contribution in [0.5, 0.6) is 5.75 Å². The Balaban J connectivity index is 2.26. The van der Waals surface area contributed by atoms with E-state index < -0.39 is 5.69 Å². The van der Waals surface area contributed by atoms with Crippen molar-refractivity contribution >= 4 is 5.82 Å². The van der Waals surface area contributed by atoms with E-state index >= 15 is 0 Å². The zero-order chi connectivity index (χ0) is 15.5. The van der Waals surface area contributed by atoms with E-state index in [1.165, 1.54) is 4.68 Å². The number of aromatic hydroxyl groups is 1. The van der Waals surface area contributed by atoms with Crippen molar-refractivity contribution in [3.05, 3.63) is 65.1 Å². The molecule has 0 amide bonds. The van der Waals surface area contributed by atoms with Crippen LogP contribution in [-0.4, -0.2) is 26.9 Å². The van der Waals surface area contributed by atoms with Gasteiger partial charge in [-0.1, -0.05) is 30.3 Å². The highest BCUT2D eigenvalue weighted by molar-refractivity contribution is 5.75. The van der Waals surface area contributed by atoms with Crippen LogP contribution in [0.2, 0.25) is 0 Å². The molecule has 0 spiro atoms. The van der Waals surface area contributed by atoms with Crippen molar-refractivity contribution in [1.82, 2.24) is 14.8 Å². The van der Waals surface area contributed by atoms with Crippen LogP contribution in [0.4, 0.5) is 5.82 Å². The Hall–Kier alpha value is -3.15. The first-order valence-electron chi connectivity index (χ1n) is 6.73. The van der Waals surface area contributed by atoms with Crippen LogP contribution in [0, 0.1) is 0 Å². The summed E-state index contributed by atoms with van der Waals surface area (Å²) in [6.45, 7) is 0. The molecule has 0 saturated heterocycles. The van der Waals surface area contributed by atoms with Gasteiger partial charge in [0, 0.05) is 12.6 Å². The summed E-state index contributed by atoms with van der Waals surface area (Å²) >= 11 is 0. The number of hydrogen-bond donors (Lipinski definition) is 2. The van der Waals surface area contributed by atoms with Crippen molar-refractivity contribution in [3.63, 3.8) is 0 Å². The number of para-hydroxylation sites is 2. The zero-order valence-corrected chi connectivity index (χ0v) is 11.9. The molecule has 0 bridgehead atoms. The second-order valence-electron chi connectivity index (χ2n) is 4.61. The normalized spacial score (nSPS) is 10.4. The summed E-state index contributed by atoms with van der Waals surface area (Å²) in [6.07, 6.45) is 0. The quantitative estimate of drug-likeness (QED) is 0.772. The Bertz CT molecular complexity index is 860. The molecule has 6 heteroatoms. The first-order valence-corrected chi connectivity index (χ1v) is 6.73. The Morgan fingerprint density at radius 1 is 1.05 bits per heavy atom. The van der Waals surface area contributed by atoms with E-state index in [9.17, 15) is 9.90 Å². The minimum Gasteiger partial charge on any atom is -0.507 e. The molecule has 1 heterocycles. The third-order valence-electron chi connectivity index (χ3n) is 3.21. The van der Waals surface area contributed by atoms with E-state index in [-0.39, 0.29) is 5.75 Å². The van der Waals surface area contributed by atoms with Crippen molar-refractivity contribution in [1.29, 1.82) is 0 Å². The maximum atomic E-state index is 12.2. The fourth-order valence-corrected chi connectivity index (χ4v) is 2.15. The van der Waals surface area contributed by atoms with Gasteiger partial charge in [0.25, 0.3) is 0 Å². The zero-order valence-electron chi connectivity index (χ0n) is 11.9. The van der Waals surface area contributed by atoms with Crippen molar-refractivity contribution in [3.8, 4) is 22.7 Å². The number of rotatable bonds is 3. The SMILES string of the molecule is CNc1nc(=O)n(-c2ccccc2)nc1-c1ccccc1O. The molecule has 0 aliphatic carbocycles. The van der Waals surface area contributed by atoms with Gasteiger partial charge in [0.05, 0.1) is 5.69 Å². The summed E-state index contributed by atoms with van der Waals surface area (Å²) in [5, 5.41) is 17.2. The van der Waals surface area contributed by atoms with Crippen molar-refractivity contribution < 1.29 is 5.11 Å². The molecule has 2 N–H and O–H groups in total. The lowest BCUT2D eigenvalue weighted by molar-refractivity contribution is 0.477. The van der Waals surface area contributed by atoms with E-state index in [1.807, 2.05) is 18.2 Å². The number of benzene rings is 2. The minimum absolute atomic E-state index is 0.0755. The third-order valence-corrected chi connectivity index (χ3v) is 3.21. The van der Waals surface area contributed by atoms with Crippen LogP contribution in [0.1, 0.15) is 0 Å². The maximum Gasteiger partial charge on any atom is 0.370 e. The molecular formula is C16H14N4O2. The largest absolute Gasteiger partial charge is 0.507 e. The number of phenolic OH excluding ortho intramolecular Hbond substituents is 1. The van der Waals surface area contributed by atoms with Crippen molar-refractivity contribution in [2.24, 2.45) is 0 Å². The van der Waals surface area contributed by atoms with Gasteiger partial charge in [-0.3, -0.25) is 0 Å². The van der Waals surface area contributed by atoms with Gasteiger partial charge in [-0.2, -0.15) is 14.8 Å². The molecule has 0 aliphatic rings. The first-order chi connectivity index (χ1) is 10.7. The molecule has 22 heavy (non-hydrogen) atoms. The molecular weight excluding hydrogens is 280 g/mol. The number of aromatic nitrogens is 3. The van der Waals surface area contributed by atoms with E-state index in [2.05, 4.69) is 15.4 Å². The molecule has 0 fully saturated rings. The van der Waals surface area contributed by atoms with E-state index in [1.54, 1.807) is 43.4 Å². The lowest BCUT2D eigenvalue weighted by Crippen LogP contribution is -2.25. The van der Waals surface area contributed by atoms with Crippen LogP contribution in [0.3, 0.4) is 0 Å². The van der Waals surface area contributed by atoms with Gasteiger partial charge < -0.3 is 10.4 Å². The molecule has 0 radical (unpaired) electrons. The molecule has 0 saturated carbocycles. The van der Waals surface area contributed by atoms with Crippen LogP contribution >= 0.6 is 0 Å². The molecule has 0 atom stereocenters. The predicted molar refractivity (Wildman–Crippen MR) is 84.3 cm³/mol. The van der Waals surface area contributed by atoms with Gasteiger partial charge in [-0.15, -0.1) is 0 Å². The number of nitrogens with zero attached hydrogens (tertiary/aromatic N) is 3. The summed E-state index contributed by atoms with van der Waals surface area (Å²) in [5.74, 6) is 0.394. The van der Waals surface area contributed by atoms with E-state index in [0.717, 1.165) is 0 Å². The van der Waals surface area contributed by atoms with Gasteiger partial charge in [0.15, 0.2) is 5.82 Å². The topological polar surface area (TPSA) is 80.0 Å². The van der Waals surface area contributed by atoms with Gasteiger partial charge in [0.2, 0.25) is 0 Å². The molecule has 6 nitrogen and oxygen atoms in total. The molecule has 0 aliphatic heterocycles. The number of anilines is 1. The van der Waals surface area contributed by atoms with Gasteiger partial charge in [0.1, 0.15) is 11.4 Å². The molecule has 0 unspecified atom stereocenters. The van der Waals surface area contributed by atoms with Crippen LogP contribution in [0.15, 0.2) is 59.4 Å². The summed E-state index contributed by atoms with van der Waals surface area (Å²) < 4.78 is 1.21. The molecule has 3 aromatic rings. The summed E-state index contributed by atoms with van der Waals surface area (Å²) in [7, 11) is 1.65. The summed E-state index contributed by atoms with van der Waals surface area (Å²) in [4.78, 5) is 16.2. The fourth-order valence-electron chi connectivity index (χ4n) is 2.15. The van der Waals surface area contributed by atoms with Crippen LogP contribution in [-0.2, 0) is 0 Å². The lowest BCUT2D eigenvalue weighted by Gasteiger charge is -2.11. The third kappa shape index (κ3) is 2.42. The fraction of sp³-hybridized carbons (Fsp3) is 0.0625. The Morgan fingerprint density at radius 3 is 2.41 bits per heavy atom. The second-order valence-corrected chi connectivity index (χ2v) is 4.61. The summed E-state index contributed by atoms with van der Waals surface area (Å²) in [5.41, 5.74) is 1.03. The van der Waals surface area contributed by atoms with Crippen molar-refractivity contribution in [2.75, 3.05) is 12.4 Å². The predicted octanol–water partition coefficient (Wildman–Crippen LogP) is 2.04. The highest BCUT2D eigenvalue weighted by Crippen LogP contribution is 2.30. The molecule has 3 rings (SSSR count). The standard InChI is InChI=1S/C16H14N4O2/c1-17-15-14(12-9-5-6-10-13(12)21)19-20(16(22)18-15)11-7-3-2-4-8-11/h2-10,21H,1H3,(H,17,18,22). The average Bonchev–Trinajstić information content (AvgIpc) is 2.56. The van der Waals surface area contributed by atoms with Crippen LogP contribution in [0.25, 0.3) is 16.9 Å². The summed E-state index contributed by atoms with van der Waals surface area (Å²) in [6, 6.07) is 15.8. The van der Waals surface area contributed by atoms with Crippen molar-refractivity contribution in [2.45, 2.75) is 0 Å². The highest BCUT2D eigenvalue weighted by atomic mass is 16.3. The monoisotopic (exact) mass is 294 g/mol.